The summed E-state index contributed by atoms with van der Waals surface area (Å²) in [5.41, 5.74) is 14.9. The van der Waals surface area contributed by atoms with Crippen molar-refractivity contribution < 1.29 is 9.18 Å². The van der Waals surface area contributed by atoms with Crippen LogP contribution in [0.2, 0.25) is 0 Å². The molecular formula is C19H21FN6OS. The van der Waals surface area contributed by atoms with Gasteiger partial charge in [-0.2, -0.15) is 0 Å². The summed E-state index contributed by atoms with van der Waals surface area (Å²) in [7, 11) is 0. The van der Waals surface area contributed by atoms with E-state index in [4.69, 9.17) is 11.5 Å². The van der Waals surface area contributed by atoms with Gasteiger partial charge < -0.3 is 22.1 Å². The van der Waals surface area contributed by atoms with E-state index in [-0.39, 0.29) is 29.3 Å². The average molecular weight is 400 g/mol. The van der Waals surface area contributed by atoms with Crippen LogP contribution in [0.5, 0.6) is 0 Å². The number of nitrogens with two attached hydrogens (primary N) is 2. The largest absolute Gasteiger partial charge is 0.365 e. The molecule has 2 heterocycles. The Labute approximate surface area is 165 Å². The number of fused-ring (bicyclic) bond motifs is 1. The summed E-state index contributed by atoms with van der Waals surface area (Å²) < 4.78 is 15.5. The van der Waals surface area contributed by atoms with E-state index in [9.17, 15) is 9.18 Å². The van der Waals surface area contributed by atoms with Crippen LogP contribution in [0.25, 0.3) is 10.2 Å². The van der Waals surface area contributed by atoms with Crippen LogP contribution in [0.3, 0.4) is 0 Å². The van der Waals surface area contributed by atoms with Crippen LogP contribution in [0.1, 0.15) is 36.0 Å². The maximum atomic E-state index is 14.6. The minimum atomic E-state index is -0.758. The molecule has 1 aliphatic rings. The van der Waals surface area contributed by atoms with Crippen LogP contribution < -0.4 is 22.1 Å². The van der Waals surface area contributed by atoms with Crippen molar-refractivity contribution in [3.05, 3.63) is 41.2 Å². The van der Waals surface area contributed by atoms with Gasteiger partial charge >= 0.3 is 0 Å². The number of hydrogen-bond acceptors (Lipinski definition) is 7. The topological polar surface area (TPSA) is 119 Å². The third-order valence-electron chi connectivity index (χ3n) is 4.99. The lowest BCUT2D eigenvalue weighted by Gasteiger charge is -2.30. The van der Waals surface area contributed by atoms with Gasteiger partial charge in [-0.05, 0) is 31.0 Å². The van der Waals surface area contributed by atoms with E-state index in [1.807, 2.05) is 18.2 Å². The average Bonchev–Trinajstić information content (AvgIpc) is 3.15. The van der Waals surface area contributed by atoms with Crippen LogP contribution >= 0.6 is 11.3 Å². The Morgan fingerprint density at radius 3 is 2.86 bits per heavy atom. The van der Waals surface area contributed by atoms with Crippen molar-refractivity contribution in [1.82, 2.24) is 9.97 Å². The van der Waals surface area contributed by atoms with Gasteiger partial charge in [-0.3, -0.25) is 4.79 Å². The molecule has 0 saturated heterocycles. The molecule has 0 spiro atoms. The molecule has 1 aliphatic carbocycles. The molecule has 0 unspecified atom stereocenters. The van der Waals surface area contributed by atoms with E-state index in [2.05, 4.69) is 20.6 Å². The van der Waals surface area contributed by atoms with Gasteiger partial charge in [0.05, 0.1) is 27.0 Å². The van der Waals surface area contributed by atoms with E-state index in [1.165, 1.54) is 11.3 Å². The number of amides is 1. The number of carbonyl (C=O) groups is 1. The predicted octanol–water partition coefficient (Wildman–Crippen LogP) is 3.35. The van der Waals surface area contributed by atoms with Crippen LogP contribution in [0.15, 0.2) is 29.8 Å². The number of thiazole rings is 1. The number of rotatable bonds is 5. The molecule has 6 N–H and O–H groups in total. The SMILES string of the molecule is NC(=O)c1cc(F)c(N[C@@H]2CCCC[C@@H]2N)nc1Nc1cccc2ncsc12. The van der Waals surface area contributed by atoms with Gasteiger partial charge in [-0.1, -0.05) is 18.9 Å². The van der Waals surface area contributed by atoms with Gasteiger partial charge in [0.15, 0.2) is 11.6 Å². The van der Waals surface area contributed by atoms with Gasteiger partial charge in [-0.25, -0.2) is 14.4 Å². The van der Waals surface area contributed by atoms with Crippen molar-refractivity contribution in [3.8, 4) is 0 Å². The molecule has 146 valence electrons. The monoisotopic (exact) mass is 400 g/mol. The van der Waals surface area contributed by atoms with E-state index in [0.717, 1.165) is 47.7 Å². The molecule has 2 atom stereocenters. The molecule has 4 rings (SSSR count). The molecule has 1 aromatic carbocycles. The minimum Gasteiger partial charge on any atom is -0.365 e. The summed E-state index contributed by atoms with van der Waals surface area (Å²) in [6, 6.07) is 6.57. The van der Waals surface area contributed by atoms with Crippen molar-refractivity contribution >= 4 is 44.8 Å². The molecule has 9 heteroatoms. The number of nitrogens with one attached hydrogen (secondary N) is 2. The third kappa shape index (κ3) is 3.63. The van der Waals surface area contributed by atoms with Gasteiger partial charge in [0.2, 0.25) is 0 Å². The number of hydrogen-bond donors (Lipinski definition) is 4. The molecule has 0 aliphatic heterocycles. The number of pyridine rings is 1. The highest BCUT2D eigenvalue weighted by molar-refractivity contribution is 7.17. The molecule has 2 aromatic heterocycles. The standard InChI is InChI=1S/C19H21FN6OS/c20-11-8-10(17(22)27)18(25-15-7-3-6-14-16(15)28-9-23-14)26-19(11)24-13-5-2-1-4-12(13)21/h3,6-9,12-13H,1-2,4-5,21H2,(H2,22,27)(H2,24,25,26)/t12-,13+/m0/s1. The van der Waals surface area contributed by atoms with E-state index in [0.29, 0.717) is 0 Å². The lowest BCUT2D eigenvalue weighted by molar-refractivity contribution is 0.100. The van der Waals surface area contributed by atoms with Crippen molar-refractivity contribution in [2.45, 2.75) is 37.8 Å². The molecule has 1 saturated carbocycles. The quantitative estimate of drug-likeness (QED) is 0.521. The van der Waals surface area contributed by atoms with Crippen molar-refractivity contribution in [3.63, 3.8) is 0 Å². The fourth-order valence-electron chi connectivity index (χ4n) is 3.50. The van der Waals surface area contributed by atoms with Gasteiger partial charge in [-0.15, -0.1) is 11.3 Å². The lowest BCUT2D eigenvalue weighted by Crippen LogP contribution is -2.43. The highest BCUT2D eigenvalue weighted by Crippen LogP contribution is 2.31. The van der Waals surface area contributed by atoms with Crippen molar-refractivity contribution in [1.29, 1.82) is 0 Å². The minimum absolute atomic E-state index is 0.0162. The van der Waals surface area contributed by atoms with Gasteiger partial charge in [0.25, 0.3) is 5.91 Å². The number of aromatic nitrogens is 2. The molecule has 7 nitrogen and oxygen atoms in total. The van der Waals surface area contributed by atoms with E-state index < -0.39 is 11.7 Å². The van der Waals surface area contributed by atoms with Crippen molar-refractivity contribution in [2.24, 2.45) is 11.5 Å². The summed E-state index contributed by atoms with van der Waals surface area (Å²) in [5.74, 6) is -1.13. The maximum absolute atomic E-state index is 14.6. The zero-order chi connectivity index (χ0) is 19.7. The lowest BCUT2D eigenvalue weighted by atomic mass is 9.91. The first-order valence-corrected chi connectivity index (χ1v) is 10.0. The van der Waals surface area contributed by atoms with Crippen LogP contribution in [0, 0.1) is 5.82 Å². The number of benzene rings is 1. The Bertz CT molecular complexity index is 1020. The molecule has 28 heavy (non-hydrogen) atoms. The van der Waals surface area contributed by atoms with E-state index >= 15 is 0 Å². The summed E-state index contributed by atoms with van der Waals surface area (Å²) in [6.45, 7) is 0. The second-order valence-electron chi connectivity index (χ2n) is 6.91. The van der Waals surface area contributed by atoms with Crippen LogP contribution in [-0.4, -0.2) is 28.0 Å². The molecule has 1 amide bonds. The first kappa shape index (κ1) is 18.6. The zero-order valence-electron chi connectivity index (χ0n) is 15.1. The fourth-order valence-corrected chi connectivity index (χ4v) is 4.26. The molecular weight excluding hydrogens is 379 g/mol. The number of anilines is 3. The normalized spacial score (nSPS) is 19.5. The second-order valence-corrected chi connectivity index (χ2v) is 7.76. The molecule has 0 radical (unpaired) electrons. The highest BCUT2D eigenvalue weighted by atomic mass is 32.1. The summed E-state index contributed by atoms with van der Waals surface area (Å²) in [5, 5.41) is 6.23. The fraction of sp³-hybridized carbons (Fsp3) is 0.316. The Kier molecular flexibility index (Phi) is 5.10. The van der Waals surface area contributed by atoms with E-state index in [1.54, 1.807) is 5.51 Å². The first-order valence-electron chi connectivity index (χ1n) is 9.14. The Morgan fingerprint density at radius 1 is 1.25 bits per heavy atom. The highest BCUT2D eigenvalue weighted by Gasteiger charge is 2.24. The Hall–Kier alpha value is -2.78. The Balaban J connectivity index is 1.70. The zero-order valence-corrected chi connectivity index (χ0v) is 15.9. The van der Waals surface area contributed by atoms with Gasteiger partial charge in [0, 0.05) is 12.1 Å². The summed E-state index contributed by atoms with van der Waals surface area (Å²) in [4.78, 5) is 20.5. The van der Waals surface area contributed by atoms with Crippen LogP contribution in [0.4, 0.5) is 21.7 Å². The first-order chi connectivity index (χ1) is 13.5. The van der Waals surface area contributed by atoms with Crippen molar-refractivity contribution in [2.75, 3.05) is 10.6 Å². The maximum Gasteiger partial charge on any atom is 0.252 e. The number of halogens is 1. The smallest absolute Gasteiger partial charge is 0.252 e. The molecule has 1 fully saturated rings. The summed E-state index contributed by atoms with van der Waals surface area (Å²) >= 11 is 1.46. The Morgan fingerprint density at radius 2 is 2.07 bits per heavy atom. The second kappa shape index (κ2) is 7.69. The molecule has 0 bridgehead atoms. The summed E-state index contributed by atoms with van der Waals surface area (Å²) in [6.07, 6.45) is 3.84. The number of primary amides is 1. The predicted molar refractivity (Wildman–Crippen MR) is 109 cm³/mol. The van der Waals surface area contributed by atoms with Gasteiger partial charge in [0.1, 0.15) is 5.82 Å². The number of carbonyl (C=O) groups excluding carboxylic acids is 1. The molecule has 3 aromatic rings. The van der Waals surface area contributed by atoms with Crippen LogP contribution in [-0.2, 0) is 0 Å². The third-order valence-corrected chi connectivity index (χ3v) is 5.87. The number of nitrogens with zero attached hydrogens (tertiary/aromatic N) is 2.